The largest absolute Gasteiger partial charge is 0.468 e. The number of hydrogen-bond donors (Lipinski definition) is 0. The van der Waals surface area contributed by atoms with Crippen LogP contribution in [0.1, 0.15) is 30.2 Å². The van der Waals surface area contributed by atoms with Crippen molar-refractivity contribution in [1.82, 2.24) is 19.9 Å². The summed E-state index contributed by atoms with van der Waals surface area (Å²) >= 11 is 1.70. The Morgan fingerprint density at radius 3 is 2.52 bits per heavy atom. The van der Waals surface area contributed by atoms with Crippen LogP contribution in [0.25, 0.3) is 0 Å². The van der Waals surface area contributed by atoms with Gasteiger partial charge in [0.2, 0.25) is 0 Å². The average molecular weight is 354 g/mol. The number of rotatable bonds is 9. The third-order valence-corrected chi connectivity index (χ3v) is 4.69. The zero-order valence-corrected chi connectivity index (χ0v) is 15.2. The predicted molar refractivity (Wildman–Crippen MR) is 98.9 cm³/mol. The van der Waals surface area contributed by atoms with Crippen molar-refractivity contribution in [2.24, 2.45) is 0 Å². The van der Waals surface area contributed by atoms with Crippen LogP contribution in [0, 0.1) is 0 Å². The molecule has 0 aromatic carbocycles. The Morgan fingerprint density at radius 1 is 1.00 bits per heavy atom. The molecular weight excluding hydrogens is 332 g/mol. The van der Waals surface area contributed by atoms with E-state index in [0.717, 1.165) is 48.3 Å². The van der Waals surface area contributed by atoms with E-state index in [1.807, 2.05) is 36.8 Å². The zero-order chi connectivity index (χ0) is 17.3. The Kier molecular flexibility index (Phi) is 6.59. The molecule has 130 valence electrons. The summed E-state index contributed by atoms with van der Waals surface area (Å²) in [5.74, 6) is 1.99. The van der Waals surface area contributed by atoms with Crippen LogP contribution in [0.3, 0.4) is 0 Å². The minimum Gasteiger partial charge on any atom is -0.468 e. The van der Waals surface area contributed by atoms with Crippen LogP contribution in [0.5, 0.6) is 0 Å². The molecule has 3 rings (SSSR count). The molecule has 0 aliphatic rings. The van der Waals surface area contributed by atoms with E-state index in [9.17, 15) is 0 Å². The Bertz CT molecular complexity index is 732. The number of aromatic nitrogens is 3. The first-order valence-corrected chi connectivity index (χ1v) is 9.39. The molecule has 5 nitrogen and oxygen atoms in total. The fourth-order valence-electron chi connectivity index (χ4n) is 2.49. The van der Waals surface area contributed by atoms with E-state index in [1.165, 1.54) is 5.56 Å². The normalized spacial score (nSPS) is 11.1. The maximum atomic E-state index is 5.51. The molecule has 0 saturated carbocycles. The third kappa shape index (κ3) is 5.69. The SMILES string of the molecule is CCCSc1ncc(CN(Cc2cccnc2)Cc2ccco2)cn1. The first-order valence-electron chi connectivity index (χ1n) is 8.41. The van der Waals surface area contributed by atoms with Gasteiger partial charge in [0.25, 0.3) is 0 Å². The molecule has 0 amide bonds. The Hall–Kier alpha value is -2.18. The minimum atomic E-state index is 0.730. The molecule has 3 aromatic rings. The average Bonchev–Trinajstić information content (AvgIpc) is 3.15. The predicted octanol–water partition coefficient (Wildman–Crippen LogP) is 4.17. The van der Waals surface area contributed by atoms with Crippen LogP contribution in [0.4, 0.5) is 0 Å². The maximum Gasteiger partial charge on any atom is 0.187 e. The third-order valence-electron chi connectivity index (χ3n) is 3.61. The van der Waals surface area contributed by atoms with Gasteiger partial charge in [0.15, 0.2) is 5.16 Å². The second-order valence-electron chi connectivity index (χ2n) is 5.81. The lowest BCUT2D eigenvalue weighted by Gasteiger charge is -2.21. The standard InChI is InChI=1S/C19H22N4OS/c1-2-9-25-19-21-11-17(12-22-19)14-23(15-18-6-4-8-24-18)13-16-5-3-7-20-10-16/h3-8,10-12H,2,9,13-15H2,1H3. The molecule has 0 radical (unpaired) electrons. The highest BCUT2D eigenvalue weighted by Crippen LogP contribution is 2.16. The molecule has 25 heavy (non-hydrogen) atoms. The van der Waals surface area contributed by atoms with Crippen LogP contribution < -0.4 is 0 Å². The molecule has 6 heteroatoms. The Labute approximate surface area is 152 Å². The van der Waals surface area contributed by atoms with Gasteiger partial charge in [0.1, 0.15) is 5.76 Å². The highest BCUT2D eigenvalue weighted by molar-refractivity contribution is 7.99. The first kappa shape index (κ1) is 17.6. The van der Waals surface area contributed by atoms with Gasteiger partial charge in [0.05, 0.1) is 12.8 Å². The van der Waals surface area contributed by atoms with Gasteiger partial charge in [0, 0.05) is 49.2 Å². The van der Waals surface area contributed by atoms with E-state index < -0.39 is 0 Å². The van der Waals surface area contributed by atoms with Crippen molar-refractivity contribution in [1.29, 1.82) is 0 Å². The molecule has 0 spiro atoms. The highest BCUT2D eigenvalue weighted by atomic mass is 32.2. The van der Waals surface area contributed by atoms with Gasteiger partial charge in [-0.2, -0.15) is 0 Å². The van der Waals surface area contributed by atoms with E-state index in [0.29, 0.717) is 0 Å². The van der Waals surface area contributed by atoms with Gasteiger partial charge >= 0.3 is 0 Å². The van der Waals surface area contributed by atoms with Crippen molar-refractivity contribution in [2.75, 3.05) is 5.75 Å². The Balaban J connectivity index is 1.68. The van der Waals surface area contributed by atoms with Crippen molar-refractivity contribution in [3.8, 4) is 0 Å². The molecule has 0 N–H and O–H groups in total. The summed E-state index contributed by atoms with van der Waals surface area (Å²) in [5.41, 5.74) is 2.27. The van der Waals surface area contributed by atoms with Crippen LogP contribution in [-0.4, -0.2) is 25.6 Å². The number of hydrogen-bond acceptors (Lipinski definition) is 6. The lowest BCUT2D eigenvalue weighted by atomic mass is 10.2. The van der Waals surface area contributed by atoms with Gasteiger partial charge in [-0.05, 0) is 30.2 Å². The number of pyridine rings is 1. The van der Waals surface area contributed by atoms with Gasteiger partial charge in [-0.3, -0.25) is 9.88 Å². The summed E-state index contributed by atoms with van der Waals surface area (Å²) in [5, 5.41) is 0.843. The summed E-state index contributed by atoms with van der Waals surface area (Å²) in [6.45, 7) is 4.44. The fraction of sp³-hybridized carbons (Fsp3) is 0.316. The molecular formula is C19H22N4OS. The second-order valence-corrected chi connectivity index (χ2v) is 6.87. The molecule has 0 saturated heterocycles. The summed E-state index contributed by atoms with van der Waals surface area (Å²) in [7, 11) is 0. The first-order chi connectivity index (χ1) is 12.3. The van der Waals surface area contributed by atoms with Crippen molar-refractivity contribution in [2.45, 2.75) is 38.1 Å². The van der Waals surface area contributed by atoms with Gasteiger partial charge < -0.3 is 4.42 Å². The molecule has 0 unspecified atom stereocenters. The van der Waals surface area contributed by atoms with Crippen molar-refractivity contribution >= 4 is 11.8 Å². The highest BCUT2D eigenvalue weighted by Gasteiger charge is 2.11. The quantitative estimate of drug-likeness (QED) is 0.425. The lowest BCUT2D eigenvalue weighted by molar-refractivity contribution is 0.226. The number of furan rings is 1. The van der Waals surface area contributed by atoms with Crippen molar-refractivity contribution in [3.63, 3.8) is 0 Å². The lowest BCUT2D eigenvalue weighted by Crippen LogP contribution is -2.22. The van der Waals surface area contributed by atoms with Crippen LogP contribution in [0.2, 0.25) is 0 Å². The van der Waals surface area contributed by atoms with E-state index >= 15 is 0 Å². The maximum absolute atomic E-state index is 5.51. The summed E-state index contributed by atoms with van der Waals surface area (Å²) in [6, 6.07) is 7.96. The second kappa shape index (κ2) is 9.34. The summed E-state index contributed by atoms with van der Waals surface area (Å²) < 4.78 is 5.51. The van der Waals surface area contributed by atoms with Crippen LogP contribution >= 0.6 is 11.8 Å². The zero-order valence-electron chi connectivity index (χ0n) is 14.3. The molecule has 0 aliphatic carbocycles. The van der Waals surface area contributed by atoms with Crippen molar-refractivity contribution < 1.29 is 4.42 Å². The van der Waals surface area contributed by atoms with Gasteiger partial charge in [-0.25, -0.2) is 9.97 Å². The monoisotopic (exact) mass is 354 g/mol. The van der Waals surface area contributed by atoms with E-state index in [1.54, 1.807) is 24.2 Å². The Morgan fingerprint density at radius 2 is 1.84 bits per heavy atom. The van der Waals surface area contributed by atoms with E-state index in [4.69, 9.17) is 4.42 Å². The molecule has 0 fully saturated rings. The van der Waals surface area contributed by atoms with E-state index in [-0.39, 0.29) is 0 Å². The summed E-state index contributed by atoms with van der Waals surface area (Å²) in [4.78, 5) is 15.4. The molecule has 0 bridgehead atoms. The van der Waals surface area contributed by atoms with Crippen LogP contribution in [-0.2, 0) is 19.6 Å². The van der Waals surface area contributed by atoms with Gasteiger partial charge in [-0.1, -0.05) is 24.8 Å². The topological polar surface area (TPSA) is 55.1 Å². The molecule has 3 aromatic heterocycles. The summed E-state index contributed by atoms with van der Waals surface area (Å²) in [6.07, 6.45) is 10.4. The minimum absolute atomic E-state index is 0.730. The van der Waals surface area contributed by atoms with Gasteiger partial charge in [-0.15, -0.1) is 0 Å². The number of nitrogens with zero attached hydrogens (tertiary/aromatic N) is 4. The fourth-order valence-corrected chi connectivity index (χ4v) is 3.13. The van der Waals surface area contributed by atoms with Crippen LogP contribution in [0.15, 0.2) is 64.9 Å². The molecule has 3 heterocycles. The molecule has 0 atom stereocenters. The molecule has 0 aliphatic heterocycles. The van der Waals surface area contributed by atoms with E-state index in [2.05, 4.69) is 32.8 Å². The van der Waals surface area contributed by atoms with Crippen molar-refractivity contribution in [3.05, 3.63) is 72.2 Å². The number of thioether (sulfide) groups is 1. The smallest absolute Gasteiger partial charge is 0.187 e.